The van der Waals surface area contributed by atoms with Crippen molar-refractivity contribution in [1.82, 2.24) is 19.9 Å². The number of hydrogen-bond donors (Lipinski definition) is 1. The second-order valence-corrected chi connectivity index (χ2v) is 6.67. The van der Waals surface area contributed by atoms with Crippen LogP contribution in [-0.4, -0.2) is 53.1 Å². The molecule has 0 aromatic carbocycles. The summed E-state index contributed by atoms with van der Waals surface area (Å²) >= 11 is 0. The minimum Gasteiger partial charge on any atom is -0.362 e. The van der Waals surface area contributed by atoms with Gasteiger partial charge in [-0.3, -0.25) is 9.88 Å². The third kappa shape index (κ3) is 4.20. The van der Waals surface area contributed by atoms with Crippen LogP contribution in [0.25, 0.3) is 0 Å². The summed E-state index contributed by atoms with van der Waals surface area (Å²) in [6.45, 7) is 5.12. The number of rotatable bonds is 5. The highest BCUT2D eigenvalue weighted by atomic mass is 15.2. The molecular formula is C18H26N6. The van der Waals surface area contributed by atoms with E-state index in [1.807, 2.05) is 50.6 Å². The van der Waals surface area contributed by atoms with Gasteiger partial charge in [-0.2, -0.15) is 4.98 Å². The molecule has 2 aromatic rings. The van der Waals surface area contributed by atoms with Gasteiger partial charge in [-0.15, -0.1) is 0 Å². The number of piperidine rings is 1. The normalized spacial score (nSPS) is 18.4. The van der Waals surface area contributed by atoms with Gasteiger partial charge in [-0.1, -0.05) is 6.07 Å². The SMILES string of the molecule is Cc1cnc(N[C@@H]2CCCN(Cc3cccnc3)C2)nc1N(C)C. The summed E-state index contributed by atoms with van der Waals surface area (Å²) in [6.07, 6.45) is 7.99. The van der Waals surface area contributed by atoms with Crippen LogP contribution >= 0.6 is 0 Å². The fraction of sp³-hybridized carbons (Fsp3) is 0.500. The summed E-state index contributed by atoms with van der Waals surface area (Å²) in [5, 5.41) is 3.51. The molecule has 3 heterocycles. The molecular weight excluding hydrogens is 300 g/mol. The molecule has 1 fully saturated rings. The maximum absolute atomic E-state index is 4.65. The van der Waals surface area contributed by atoms with Gasteiger partial charge in [-0.25, -0.2) is 4.98 Å². The van der Waals surface area contributed by atoms with Crippen molar-refractivity contribution >= 4 is 11.8 Å². The lowest BCUT2D eigenvalue weighted by atomic mass is 10.1. The van der Waals surface area contributed by atoms with E-state index in [2.05, 4.69) is 31.2 Å². The van der Waals surface area contributed by atoms with Gasteiger partial charge in [0.15, 0.2) is 0 Å². The van der Waals surface area contributed by atoms with E-state index >= 15 is 0 Å². The van der Waals surface area contributed by atoms with Crippen LogP contribution in [0.3, 0.4) is 0 Å². The molecule has 0 unspecified atom stereocenters. The predicted octanol–water partition coefficient (Wildman–Crippen LogP) is 2.32. The number of nitrogens with one attached hydrogen (secondary N) is 1. The van der Waals surface area contributed by atoms with Crippen molar-refractivity contribution in [2.75, 3.05) is 37.4 Å². The first-order chi connectivity index (χ1) is 11.6. The Morgan fingerprint density at radius 2 is 2.21 bits per heavy atom. The van der Waals surface area contributed by atoms with Gasteiger partial charge < -0.3 is 10.2 Å². The van der Waals surface area contributed by atoms with Gasteiger partial charge in [0.25, 0.3) is 0 Å². The fourth-order valence-corrected chi connectivity index (χ4v) is 3.20. The summed E-state index contributed by atoms with van der Waals surface area (Å²) < 4.78 is 0. The lowest BCUT2D eigenvalue weighted by molar-refractivity contribution is 0.208. The molecule has 0 radical (unpaired) electrons. The van der Waals surface area contributed by atoms with Crippen LogP contribution in [-0.2, 0) is 6.54 Å². The monoisotopic (exact) mass is 326 g/mol. The van der Waals surface area contributed by atoms with Crippen molar-refractivity contribution in [3.05, 3.63) is 41.9 Å². The molecule has 6 nitrogen and oxygen atoms in total. The van der Waals surface area contributed by atoms with Gasteiger partial charge in [0.1, 0.15) is 5.82 Å². The van der Waals surface area contributed by atoms with Gasteiger partial charge in [0.2, 0.25) is 5.95 Å². The Bertz CT molecular complexity index is 658. The van der Waals surface area contributed by atoms with Crippen LogP contribution in [0.15, 0.2) is 30.7 Å². The highest BCUT2D eigenvalue weighted by Crippen LogP contribution is 2.19. The number of aromatic nitrogens is 3. The third-order valence-corrected chi connectivity index (χ3v) is 4.34. The van der Waals surface area contributed by atoms with Crippen LogP contribution in [0.2, 0.25) is 0 Å². The van der Waals surface area contributed by atoms with Gasteiger partial charge in [0, 0.05) is 57.4 Å². The summed E-state index contributed by atoms with van der Waals surface area (Å²) in [6, 6.07) is 4.52. The van der Waals surface area contributed by atoms with Gasteiger partial charge >= 0.3 is 0 Å². The van der Waals surface area contributed by atoms with Crippen LogP contribution in [0.1, 0.15) is 24.0 Å². The molecule has 0 aliphatic carbocycles. The van der Waals surface area contributed by atoms with Gasteiger partial charge in [0.05, 0.1) is 0 Å². The number of aryl methyl sites for hydroxylation is 1. The molecule has 1 atom stereocenters. The zero-order chi connectivity index (χ0) is 16.9. The first kappa shape index (κ1) is 16.6. The Kier molecular flexibility index (Phi) is 5.25. The molecule has 1 saturated heterocycles. The maximum Gasteiger partial charge on any atom is 0.224 e. The summed E-state index contributed by atoms with van der Waals surface area (Å²) in [4.78, 5) is 17.8. The van der Waals surface area contributed by atoms with Crippen LogP contribution in [0, 0.1) is 6.92 Å². The second kappa shape index (κ2) is 7.57. The largest absolute Gasteiger partial charge is 0.362 e. The molecule has 2 aromatic heterocycles. The van der Waals surface area contributed by atoms with Crippen molar-refractivity contribution in [2.24, 2.45) is 0 Å². The average Bonchev–Trinajstić information content (AvgIpc) is 2.58. The Labute approximate surface area is 143 Å². The number of nitrogens with zero attached hydrogens (tertiary/aromatic N) is 5. The molecule has 128 valence electrons. The first-order valence-corrected chi connectivity index (χ1v) is 8.50. The molecule has 0 bridgehead atoms. The van der Waals surface area contributed by atoms with E-state index < -0.39 is 0 Å². The molecule has 1 aliphatic rings. The highest BCUT2D eigenvalue weighted by molar-refractivity contribution is 5.47. The zero-order valence-corrected chi connectivity index (χ0v) is 14.7. The lowest BCUT2D eigenvalue weighted by Gasteiger charge is -2.33. The molecule has 0 saturated carbocycles. The summed E-state index contributed by atoms with van der Waals surface area (Å²) in [5.41, 5.74) is 2.35. The molecule has 1 N–H and O–H groups in total. The van der Waals surface area contributed by atoms with Crippen LogP contribution in [0.4, 0.5) is 11.8 Å². The van der Waals surface area contributed by atoms with E-state index in [9.17, 15) is 0 Å². The Hall–Kier alpha value is -2.21. The minimum absolute atomic E-state index is 0.383. The molecule has 0 amide bonds. The molecule has 0 spiro atoms. The van der Waals surface area contributed by atoms with E-state index in [1.165, 1.54) is 12.0 Å². The third-order valence-electron chi connectivity index (χ3n) is 4.34. The van der Waals surface area contributed by atoms with E-state index in [4.69, 9.17) is 0 Å². The topological polar surface area (TPSA) is 57.2 Å². The van der Waals surface area contributed by atoms with E-state index in [1.54, 1.807) is 0 Å². The van der Waals surface area contributed by atoms with Crippen molar-refractivity contribution in [3.63, 3.8) is 0 Å². The zero-order valence-electron chi connectivity index (χ0n) is 14.7. The molecule has 24 heavy (non-hydrogen) atoms. The van der Waals surface area contributed by atoms with Crippen molar-refractivity contribution < 1.29 is 0 Å². The Morgan fingerprint density at radius 1 is 1.33 bits per heavy atom. The highest BCUT2D eigenvalue weighted by Gasteiger charge is 2.21. The maximum atomic E-state index is 4.65. The van der Waals surface area contributed by atoms with E-state index in [0.29, 0.717) is 6.04 Å². The Balaban J connectivity index is 1.62. The summed E-state index contributed by atoms with van der Waals surface area (Å²) in [5.74, 6) is 1.69. The smallest absolute Gasteiger partial charge is 0.224 e. The first-order valence-electron chi connectivity index (χ1n) is 8.50. The average molecular weight is 326 g/mol. The predicted molar refractivity (Wildman–Crippen MR) is 97.3 cm³/mol. The number of hydrogen-bond acceptors (Lipinski definition) is 6. The van der Waals surface area contributed by atoms with Gasteiger partial charge in [-0.05, 0) is 37.9 Å². The number of anilines is 2. The molecule has 6 heteroatoms. The minimum atomic E-state index is 0.383. The van der Waals surface area contributed by atoms with Crippen molar-refractivity contribution in [3.8, 4) is 0 Å². The van der Waals surface area contributed by atoms with E-state index in [0.717, 1.165) is 43.4 Å². The van der Waals surface area contributed by atoms with Crippen LogP contribution in [0.5, 0.6) is 0 Å². The fourth-order valence-electron chi connectivity index (χ4n) is 3.20. The quantitative estimate of drug-likeness (QED) is 0.910. The second-order valence-electron chi connectivity index (χ2n) is 6.67. The summed E-state index contributed by atoms with van der Waals surface area (Å²) in [7, 11) is 4.02. The van der Waals surface area contributed by atoms with Crippen molar-refractivity contribution in [1.29, 1.82) is 0 Å². The molecule has 1 aliphatic heterocycles. The lowest BCUT2D eigenvalue weighted by Crippen LogP contribution is -2.42. The van der Waals surface area contributed by atoms with Crippen LogP contribution < -0.4 is 10.2 Å². The van der Waals surface area contributed by atoms with E-state index in [-0.39, 0.29) is 0 Å². The van der Waals surface area contributed by atoms with Crippen molar-refractivity contribution in [2.45, 2.75) is 32.4 Å². The standard InChI is InChI=1S/C18H26N6/c1-14-10-20-18(22-17(14)23(2)3)21-16-7-5-9-24(13-16)12-15-6-4-8-19-11-15/h4,6,8,10-11,16H,5,7,9,12-13H2,1-3H3,(H,20,21,22)/t16-/m1/s1. The number of pyridine rings is 1. The Morgan fingerprint density at radius 3 is 2.96 bits per heavy atom. The molecule has 3 rings (SSSR count). The number of likely N-dealkylation sites (tertiary alicyclic amines) is 1.